The molecule has 1 heterocycles. The van der Waals surface area contributed by atoms with E-state index in [1.165, 1.54) is 5.56 Å². The topological polar surface area (TPSA) is 32.3 Å². The van der Waals surface area contributed by atoms with Crippen molar-refractivity contribution in [1.29, 1.82) is 0 Å². The third-order valence-electron chi connectivity index (χ3n) is 2.05. The van der Waals surface area contributed by atoms with Gasteiger partial charge in [0.05, 0.1) is 6.54 Å². The van der Waals surface area contributed by atoms with Gasteiger partial charge in [-0.05, 0) is 5.56 Å². The molecular formula is C11H12N2O. The van der Waals surface area contributed by atoms with Crippen LogP contribution in [0.4, 0.5) is 0 Å². The summed E-state index contributed by atoms with van der Waals surface area (Å²) >= 11 is 0. The molecule has 14 heavy (non-hydrogen) atoms. The summed E-state index contributed by atoms with van der Waals surface area (Å²) in [6, 6.07) is 10.1. The zero-order chi connectivity index (χ0) is 9.80. The summed E-state index contributed by atoms with van der Waals surface area (Å²) in [6.45, 7) is 1.28. The van der Waals surface area contributed by atoms with Crippen molar-refractivity contribution in [2.75, 3.05) is 13.1 Å². The fourth-order valence-corrected chi connectivity index (χ4v) is 1.32. The highest BCUT2D eigenvalue weighted by molar-refractivity contribution is 5.82. The van der Waals surface area contributed by atoms with Crippen LogP contribution >= 0.6 is 0 Å². The Morgan fingerprint density at radius 1 is 1.36 bits per heavy atom. The van der Waals surface area contributed by atoms with E-state index in [9.17, 15) is 4.79 Å². The summed E-state index contributed by atoms with van der Waals surface area (Å²) in [4.78, 5) is 10.6. The van der Waals surface area contributed by atoms with Gasteiger partial charge in [0.15, 0.2) is 0 Å². The highest BCUT2D eigenvalue weighted by atomic mass is 16.2. The van der Waals surface area contributed by atoms with Gasteiger partial charge in [0.25, 0.3) is 0 Å². The number of rotatable bonds is 3. The molecule has 1 N–H and O–H groups in total. The second-order valence-corrected chi connectivity index (χ2v) is 3.23. The number of nitrogens with zero attached hydrogens (tertiary/aromatic N) is 1. The van der Waals surface area contributed by atoms with E-state index in [-0.39, 0.29) is 5.91 Å². The van der Waals surface area contributed by atoms with Gasteiger partial charge >= 0.3 is 0 Å². The third-order valence-corrected chi connectivity index (χ3v) is 2.05. The molecule has 0 aliphatic carbocycles. The number of amides is 1. The first-order valence-corrected chi connectivity index (χ1v) is 4.60. The van der Waals surface area contributed by atoms with E-state index in [0.29, 0.717) is 6.54 Å². The molecule has 0 aromatic heterocycles. The molecular weight excluding hydrogens is 176 g/mol. The Hall–Kier alpha value is -1.61. The smallest absolute Gasteiger partial charge is 0.250 e. The van der Waals surface area contributed by atoms with E-state index in [0.717, 1.165) is 6.54 Å². The molecule has 1 aliphatic heterocycles. The average Bonchev–Trinajstić information content (AvgIpc) is 2.17. The minimum absolute atomic E-state index is 0.0955. The number of hydrogen-bond donors (Lipinski definition) is 1. The summed E-state index contributed by atoms with van der Waals surface area (Å²) < 4.78 is 0. The Morgan fingerprint density at radius 3 is 2.71 bits per heavy atom. The van der Waals surface area contributed by atoms with Crippen LogP contribution in [0.15, 0.2) is 36.4 Å². The van der Waals surface area contributed by atoms with Crippen LogP contribution in [0.25, 0.3) is 6.08 Å². The first kappa shape index (κ1) is 8.97. The highest BCUT2D eigenvalue weighted by Crippen LogP contribution is 2.01. The maximum Gasteiger partial charge on any atom is 0.250 e. The van der Waals surface area contributed by atoms with Crippen LogP contribution in [0.3, 0.4) is 0 Å². The molecule has 0 spiro atoms. The van der Waals surface area contributed by atoms with Crippen LogP contribution in [0, 0.1) is 0 Å². The van der Waals surface area contributed by atoms with E-state index < -0.39 is 0 Å². The lowest BCUT2D eigenvalue weighted by atomic mass is 10.2. The summed E-state index contributed by atoms with van der Waals surface area (Å²) in [5.41, 5.74) is 3.85. The number of hydrogen-bond acceptors (Lipinski definition) is 2. The Labute approximate surface area is 83.0 Å². The van der Waals surface area contributed by atoms with Crippen LogP contribution in [0.5, 0.6) is 0 Å². The molecule has 0 saturated carbocycles. The van der Waals surface area contributed by atoms with Gasteiger partial charge in [-0.3, -0.25) is 10.2 Å². The molecule has 0 bridgehead atoms. The summed E-state index contributed by atoms with van der Waals surface area (Å²) in [5.74, 6) is 0.0955. The fraction of sp³-hybridized carbons (Fsp3) is 0.182. The van der Waals surface area contributed by atoms with Gasteiger partial charge in [0.1, 0.15) is 0 Å². The standard InChI is InChI=1S/C11H12N2O/c14-11-9-13(12-11)8-4-7-10-5-2-1-3-6-10/h1-7H,8-9H2,(H,12,14). The number of nitrogens with one attached hydrogen (secondary N) is 1. The van der Waals surface area contributed by atoms with E-state index in [2.05, 4.69) is 5.43 Å². The first-order valence-electron chi connectivity index (χ1n) is 4.60. The maximum absolute atomic E-state index is 10.6. The highest BCUT2D eigenvalue weighted by Gasteiger charge is 2.19. The van der Waals surface area contributed by atoms with E-state index >= 15 is 0 Å². The molecule has 1 aliphatic rings. The molecule has 3 nitrogen and oxygen atoms in total. The van der Waals surface area contributed by atoms with Gasteiger partial charge in [-0.15, -0.1) is 0 Å². The number of carbonyl (C=O) groups is 1. The second-order valence-electron chi connectivity index (χ2n) is 3.23. The van der Waals surface area contributed by atoms with Crippen molar-refractivity contribution in [3.63, 3.8) is 0 Å². The van der Waals surface area contributed by atoms with Gasteiger partial charge in [-0.25, -0.2) is 5.01 Å². The molecule has 0 atom stereocenters. The molecule has 0 radical (unpaired) electrons. The molecule has 1 fully saturated rings. The van der Waals surface area contributed by atoms with Crippen molar-refractivity contribution in [3.05, 3.63) is 42.0 Å². The van der Waals surface area contributed by atoms with Gasteiger partial charge in [-0.2, -0.15) is 0 Å². The van der Waals surface area contributed by atoms with Crippen molar-refractivity contribution < 1.29 is 4.79 Å². The van der Waals surface area contributed by atoms with Crippen molar-refractivity contribution >= 4 is 12.0 Å². The molecule has 1 saturated heterocycles. The quantitative estimate of drug-likeness (QED) is 0.768. The summed E-state index contributed by atoms with van der Waals surface area (Å²) in [5, 5.41) is 1.86. The lowest BCUT2D eigenvalue weighted by molar-refractivity contribution is -0.138. The number of benzene rings is 1. The zero-order valence-corrected chi connectivity index (χ0v) is 7.81. The zero-order valence-electron chi connectivity index (χ0n) is 7.81. The van der Waals surface area contributed by atoms with Crippen LogP contribution < -0.4 is 5.43 Å². The lowest BCUT2D eigenvalue weighted by Crippen LogP contribution is -2.58. The van der Waals surface area contributed by atoms with E-state index in [1.54, 1.807) is 0 Å². The number of carbonyl (C=O) groups excluding carboxylic acids is 1. The Kier molecular flexibility index (Phi) is 2.60. The van der Waals surface area contributed by atoms with Crippen LogP contribution in [-0.2, 0) is 4.79 Å². The second kappa shape index (κ2) is 4.07. The molecule has 72 valence electrons. The van der Waals surface area contributed by atoms with Crippen molar-refractivity contribution in [2.45, 2.75) is 0 Å². The summed E-state index contributed by atoms with van der Waals surface area (Å²) in [7, 11) is 0. The summed E-state index contributed by atoms with van der Waals surface area (Å²) in [6.07, 6.45) is 4.08. The van der Waals surface area contributed by atoms with E-state index in [4.69, 9.17) is 0 Å². The molecule has 2 rings (SSSR count). The monoisotopic (exact) mass is 188 g/mol. The minimum Gasteiger partial charge on any atom is -0.287 e. The third kappa shape index (κ3) is 2.20. The van der Waals surface area contributed by atoms with Gasteiger partial charge < -0.3 is 0 Å². The molecule has 1 aromatic rings. The van der Waals surface area contributed by atoms with Gasteiger partial charge in [0, 0.05) is 6.54 Å². The van der Waals surface area contributed by atoms with Crippen molar-refractivity contribution in [2.24, 2.45) is 0 Å². The predicted molar refractivity (Wildman–Crippen MR) is 55.2 cm³/mol. The lowest BCUT2D eigenvalue weighted by Gasteiger charge is -2.29. The van der Waals surface area contributed by atoms with Crippen molar-refractivity contribution in [3.8, 4) is 0 Å². The van der Waals surface area contributed by atoms with Crippen molar-refractivity contribution in [1.82, 2.24) is 10.4 Å². The number of hydrazine groups is 1. The Morgan fingerprint density at radius 2 is 2.07 bits per heavy atom. The SMILES string of the molecule is O=C1CN(CC=Cc2ccccc2)N1. The minimum atomic E-state index is 0.0955. The molecule has 1 aromatic carbocycles. The van der Waals surface area contributed by atoms with Crippen LogP contribution in [0.2, 0.25) is 0 Å². The largest absolute Gasteiger partial charge is 0.287 e. The van der Waals surface area contributed by atoms with E-state index in [1.807, 2.05) is 47.5 Å². The maximum atomic E-state index is 10.6. The van der Waals surface area contributed by atoms with Gasteiger partial charge in [-0.1, -0.05) is 42.5 Å². The molecule has 1 amide bonds. The Bertz CT molecular complexity index is 338. The normalized spacial score (nSPS) is 16.7. The molecule has 3 heteroatoms. The van der Waals surface area contributed by atoms with Crippen LogP contribution in [-0.4, -0.2) is 24.0 Å². The fourth-order valence-electron chi connectivity index (χ4n) is 1.32. The predicted octanol–water partition coefficient (Wildman–Crippen LogP) is 1.05. The average molecular weight is 188 g/mol. The van der Waals surface area contributed by atoms with Gasteiger partial charge in [0.2, 0.25) is 5.91 Å². The molecule has 0 unspecified atom stereocenters. The van der Waals surface area contributed by atoms with Crippen LogP contribution in [0.1, 0.15) is 5.56 Å². The first-order chi connectivity index (χ1) is 6.84. The Balaban J connectivity index is 1.80.